The molecule has 1 saturated heterocycles. The van der Waals surface area contributed by atoms with Crippen LogP contribution in [-0.4, -0.2) is 56.1 Å². The SMILES string of the molecule is Cc1nocc1C(=O)N1CCCN(c2ncnc3[nH]ccc23)CC12CC2. The van der Waals surface area contributed by atoms with Gasteiger partial charge in [-0.3, -0.25) is 4.79 Å². The Kier molecular flexibility index (Phi) is 3.28. The van der Waals surface area contributed by atoms with Crippen LogP contribution in [0.5, 0.6) is 0 Å². The van der Waals surface area contributed by atoms with Gasteiger partial charge in [0.25, 0.3) is 5.91 Å². The standard InChI is InChI=1S/C18H20N6O2/c1-12-14(9-26-22-12)17(25)24-8-2-7-23(10-18(24)4-5-18)16-13-3-6-19-15(13)20-11-21-16/h3,6,9,11H,2,4-5,7-8,10H2,1H3,(H,19,20,21). The molecule has 0 bridgehead atoms. The van der Waals surface area contributed by atoms with Crippen LogP contribution in [0.4, 0.5) is 5.82 Å². The smallest absolute Gasteiger partial charge is 0.259 e. The van der Waals surface area contributed by atoms with E-state index in [0.29, 0.717) is 11.3 Å². The van der Waals surface area contributed by atoms with Gasteiger partial charge in [-0.2, -0.15) is 0 Å². The van der Waals surface area contributed by atoms with Crippen LogP contribution in [0, 0.1) is 6.92 Å². The van der Waals surface area contributed by atoms with Crippen molar-refractivity contribution < 1.29 is 9.32 Å². The van der Waals surface area contributed by atoms with E-state index in [-0.39, 0.29) is 11.4 Å². The van der Waals surface area contributed by atoms with Gasteiger partial charge < -0.3 is 19.3 Å². The second-order valence-corrected chi connectivity index (χ2v) is 7.21. The van der Waals surface area contributed by atoms with Crippen molar-refractivity contribution in [2.75, 3.05) is 24.5 Å². The van der Waals surface area contributed by atoms with Crippen molar-refractivity contribution in [2.24, 2.45) is 0 Å². The predicted molar refractivity (Wildman–Crippen MR) is 95.0 cm³/mol. The largest absolute Gasteiger partial charge is 0.364 e. The number of aromatic nitrogens is 4. The van der Waals surface area contributed by atoms with Gasteiger partial charge in [-0.1, -0.05) is 5.16 Å². The highest BCUT2D eigenvalue weighted by molar-refractivity contribution is 5.96. The number of carbonyl (C=O) groups excluding carboxylic acids is 1. The molecule has 3 aromatic rings. The Morgan fingerprint density at radius 3 is 2.96 bits per heavy atom. The summed E-state index contributed by atoms with van der Waals surface area (Å²) >= 11 is 0. The molecule has 5 rings (SSSR count). The highest BCUT2D eigenvalue weighted by atomic mass is 16.5. The fourth-order valence-electron chi connectivity index (χ4n) is 4.00. The van der Waals surface area contributed by atoms with Crippen molar-refractivity contribution in [3.05, 3.63) is 36.1 Å². The molecule has 8 heteroatoms. The van der Waals surface area contributed by atoms with Crippen LogP contribution in [0.1, 0.15) is 35.3 Å². The Morgan fingerprint density at radius 2 is 2.19 bits per heavy atom. The van der Waals surface area contributed by atoms with Crippen molar-refractivity contribution in [1.29, 1.82) is 0 Å². The van der Waals surface area contributed by atoms with Crippen molar-refractivity contribution in [1.82, 2.24) is 25.0 Å². The van der Waals surface area contributed by atoms with E-state index in [1.807, 2.05) is 24.1 Å². The van der Waals surface area contributed by atoms with Gasteiger partial charge in [-0.25, -0.2) is 9.97 Å². The molecule has 4 heterocycles. The molecular formula is C18H20N6O2. The molecule has 1 aliphatic heterocycles. The first-order chi connectivity index (χ1) is 12.7. The van der Waals surface area contributed by atoms with E-state index >= 15 is 0 Å². The molecule has 0 unspecified atom stereocenters. The molecule has 0 atom stereocenters. The minimum Gasteiger partial charge on any atom is -0.364 e. The van der Waals surface area contributed by atoms with Crippen LogP contribution in [0.15, 0.2) is 29.4 Å². The normalized spacial score (nSPS) is 19.1. The van der Waals surface area contributed by atoms with Gasteiger partial charge in [0.2, 0.25) is 0 Å². The first-order valence-electron chi connectivity index (χ1n) is 8.94. The van der Waals surface area contributed by atoms with Crippen LogP contribution in [0.25, 0.3) is 11.0 Å². The number of carbonyl (C=O) groups is 1. The van der Waals surface area contributed by atoms with E-state index in [4.69, 9.17) is 4.52 Å². The Labute approximate surface area is 150 Å². The fourth-order valence-corrected chi connectivity index (χ4v) is 4.00. The molecule has 1 aliphatic carbocycles. The topological polar surface area (TPSA) is 91.2 Å². The summed E-state index contributed by atoms with van der Waals surface area (Å²) in [5, 5.41) is 4.89. The summed E-state index contributed by atoms with van der Waals surface area (Å²) in [5.74, 6) is 0.968. The minimum atomic E-state index is -0.120. The van der Waals surface area contributed by atoms with Gasteiger partial charge >= 0.3 is 0 Å². The number of anilines is 1. The van der Waals surface area contributed by atoms with E-state index in [2.05, 4.69) is 25.0 Å². The van der Waals surface area contributed by atoms with Gasteiger partial charge in [0.1, 0.15) is 29.6 Å². The third-order valence-corrected chi connectivity index (χ3v) is 5.55. The maximum absolute atomic E-state index is 13.1. The third kappa shape index (κ3) is 2.28. The zero-order valence-electron chi connectivity index (χ0n) is 14.6. The summed E-state index contributed by atoms with van der Waals surface area (Å²) in [6.45, 7) is 4.21. The number of nitrogens with one attached hydrogen (secondary N) is 1. The molecule has 1 saturated carbocycles. The van der Waals surface area contributed by atoms with Crippen LogP contribution in [0.2, 0.25) is 0 Å². The minimum absolute atomic E-state index is 0.0255. The number of aryl methyl sites for hydroxylation is 1. The number of aromatic amines is 1. The number of rotatable bonds is 2. The number of hydrogen-bond donors (Lipinski definition) is 1. The van der Waals surface area contributed by atoms with Gasteiger partial charge in [0.15, 0.2) is 0 Å². The molecule has 2 fully saturated rings. The quantitative estimate of drug-likeness (QED) is 0.760. The summed E-state index contributed by atoms with van der Waals surface area (Å²) in [4.78, 5) is 29.4. The second kappa shape index (κ2) is 5.55. The number of nitrogens with zero attached hydrogens (tertiary/aromatic N) is 5. The summed E-state index contributed by atoms with van der Waals surface area (Å²) in [6.07, 6.45) is 7.87. The zero-order chi connectivity index (χ0) is 17.7. The highest BCUT2D eigenvalue weighted by Gasteiger charge is 2.52. The second-order valence-electron chi connectivity index (χ2n) is 7.21. The summed E-state index contributed by atoms with van der Waals surface area (Å²) in [5.41, 5.74) is 1.94. The number of amides is 1. The molecular weight excluding hydrogens is 332 g/mol. The summed E-state index contributed by atoms with van der Waals surface area (Å²) < 4.78 is 4.98. The molecule has 0 aromatic carbocycles. The molecule has 1 spiro atoms. The third-order valence-electron chi connectivity index (χ3n) is 5.55. The Bertz CT molecular complexity index is 973. The molecule has 1 N–H and O–H groups in total. The maximum Gasteiger partial charge on any atom is 0.259 e. The van der Waals surface area contributed by atoms with E-state index < -0.39 is 0 Å². The number of hydrogen-bond acceptors (Lipinski definition) is 6. The van der Waals surface area contributed by atoms with Crippen LogP contribution < -0.4 is 4.90 Å². The first kappa shape index (κ1) is 15.4. The molecule has 134 valence electrons. The zero-order valence-corrected chi connectivity index (χ0v) is 14.6. The van der Waals surface area contributed by atoms with E-state index in [9.17, 15) is 4.79 Å². The molecule has 0 radical (unpaired) electrons. The van der Waals surface area contributed by atoms with E-state index in [0.717, 1.165) is 55.7 Å². The first-order valence-corrected chi connectivity index (χ1v) is 8.94. The predicted octanol–water partition coefficient (Wildman–Crippen LogP) is 2.14. The Hall–Kier alpha value is -2.90. The molecule has 1 amide bonds. The monoisotopic (exact) mass is 352 g/mol. The Balaban J connectivity index is 1.47. The van der Waals surface area contributed by atoms with Crippen molar-refractivity contribution >= 4 is 22.8 Å². The highest BCUT2D eigenvalue weighted by Crippen LogP contribution is 2.45. The summed E-state index contributed by atoms with van der Waals surface area (Å²) in [6, 6.07) is 2.01. The summed E-state index contributed by atoms with van der Waals surface area (Å²) in [7, 11) is 0. The number of fused-ring (bicyclic) bond motifs is 1. The molecule has 26 heavy (non-hydrogen) atoms. The number of H-pyrrole nitrogens is 1. The molecule has 8 nitrogen and oxygen atoms in total. The van der Waals surface area contributed by atoms with Crippen molar-refractivity contribution in [3.8, 4) is 0 Å². The lowest BCUT2D eigenvalue weighted by Gasteiger charge is -2.32. The van der Waals surface area contributed by atoms with Gasteiger partial charge in [-0.15, -0.1) is 0 Å². The van der Waals surface area contributed by atoms with Crippen molar-refractivity contribution in [2.45, 2.75) is 31.7 Å². The lowest BCUT2D eigenvalue weighted by Crippen LogP contribution is -2.46. The fraction of sp³-hybridized carbons (Fsp3) is 0.444. The Morgan fingerprint density at radius 1 is 1.31 bits per heavy atom. The van der Waals surface area contributed by atoms with Gasteiger partial charge in [-0.05, 0) is 32.3 Å². The average molecular weight is 352 g/mol. The van der Waals surface area contributed by atoms with Gasteiger partial charge in [0, 0.05) is 25.8 Å². The van der Waals surface area contributed by atoms with Crippen molar-refractivity contribution in [3.63, 3.8) is 0 Å². The van der Waals surface area contributed by atoms with Crippen LogP contribution in [0.3, 0.4) is 0 Å². The molecule has 2 aliphatic rings. The average Bonchev–Trinajstić information content (AvgIpc) is 3.09. The lowest BCUT2D eigenvalue weighted by atomic mass is 10.1. The van der Waals surface area contributed by atoms with E-state index in [1.165, 1.54) is 6.26 Å². The van der Waals surface area contributed by atoms with Gasteiger partial charge in [0.05, 0.1) is 16.6 Å². The van der Waals surface area contributed by atoms with Crippen LogP contribution >= 0.6 is 0 Å². The van der Waals surface area contributed by atoms with Crippen LogP contribution in [-0.2, 0) is 0 Å². The molecule has 3 aromatic heterocycles. The maximum atomic E-state index is 13.1. The lowest BCUT2D eigenvalue weighted by molar-refractivity contribution is 0.0668. The van der Waals surface area contributed by atoms with E-state index in [1.54, 1.807) is 6.33 Å².